The normalized spacial score (nSPS) is 14.3. The Morgan fingerprint density at radius 1 is 1.24 bits per heavy atom. The molecule has 0 radical (unpaired) electrons. The summed E-state index contributed by atoms with van der Waals surface area (Å²) in [6.45, 7) is 6.08. The zero-order valence-corrected chi connectivity index (χ0v) is 10.8. The van der Waals surface area contributed by atoms with Crippen LogP contribution in [0.3, 0.4) is 0 Å². The highest BCUT2D eigenvalue weighted by molar-refractivity contribution is 5.35. The molecule has 1 atom stereocenters. The van der Waals surface area contributed by atoms with E-state index in [0.29, 0.717) is 0 Å². The summed E-state index contributed by atoms with van der Waals surface area (Å²) in [6, 6.07) is 8.08. The lowest BCUT2D eigenvalue weighted by Crippen LogP contribution is -2.17. The molecule has 2 heteroatoms. The maximum Gasteiger partial charge on any atom is 0.118 e. The fourth-order valence-electron chi connectivity index (χ4n) is 1.68. The Labute approximate surface area is 104 Å². The van der Waals surface area contributed by atoms with E-state index < -0.39 is 0 Å². The molecule has 1 unspecified atom stereocenters. The van der Waals surface area contributed by atoms with Crippen molar-refractivity contribution in [1.82, 2.24) is 0 Å². The van der Waals surface area contributed by atoms with Crippen molar-refractivity contribution < 1.29 is 9.47 Å². The number of hydrogen-bond donors (Lipinski definition) is 0. The predicted molar refractivity (Wildman–Crippen MR) is 71.3 cm³/mol. The van der Waals surface area contributed by atoms with Gasteiger partial charge in [-0.05, 0) is 30.2 Å². The first-order chi connectivity index (χ1) is 8.16. The standard InChI is InChI=1S/C15H20O2/c1-5-15(2,11-6-12-16-3)13-7-9-14(17-4)10-8-13/h5-10,12H,1,11H2,2-4H3/b12-6+. The predicted octanol–water partition coefficient (Wildman–Crippen LogP) is 3.69. The van der Waals surface area contributed by atoms with E-state index in [0.717, 1.165) is 12.2 Å². The third-order valence-corrected chi connectivity index (χ3v) is 2.97. The van der Waals surface area contributed by atoms with E-state index in [1.54, 1.807) is 20.5 Å². The quantitative estimate of drug-likeness (QED) is 0.550. The summed E-state index contributed by atoms with van der Waals surface area (Å²) in [4.78, 5) is 0. The topological polar surface area (TPSA) is 18.5 Å². The Bertz CT molecular complexity index is 378. The zero-order valence-electron chi connectivity index (χ0n) is 10.8. The fraction of sp³-hybridized carbons (Fsp3) is 0.333. The molecule has 92 valence electrons. The van der Waals surface area contributed by atoms with Crippen molar-refractivity contribution in [3.8, 4) is 5.75 Å². The maximum absolute atomic E-state index is 5.15. The molecule has 0 aromatic heterocycles. The van der Waals surface area contributed by atoms with Gasteiger partial charge in [-0.3, -0.25) is 0 Å². The van der Waals surface area contributed by atoms with Crippen LogP contribution in [0, 0.1) is 0 Å². The average Bonchev–Trinajstić information content (AvgIpc) is 2.39. The fourth-order valence-corrected chi connectivity index (χ4v) is 1.68. The summed E-state index contributed by atoms with van der Waals surface area (Å²) in [6.07, 6.45) is 6.53. The van der Waals surface area contributed by atoms with Crippen molar-refractivity contribution in [3.05, 3.63) is 54.8 Å². The van der Waals surface area contributed by atoms with Gasteiger partial charge in [-0.15, -0.1) is 6.58 Å². The van der Waals surface area contributed by atoms with Crippen LogP contribution in [0.25, 0.3) is 0 Å². The number of hydrogen-bond acceptors (Lipinski definition) is 2. The summed E-state index contributed by atoms with van der Waals surface area (Å²) in [5, 5.41) is 0. The van der Waals surface area contributed by atoms with Crippen LogP contribution in [0.2, 0.25) is 0 Å². The number of rotatable bonds is 6. The molecule has 0 saturated carbocycles. The van der Waals surface area contributed by atoms with Crippen LogP contribution in [0.1, 0.15) is 18.9 Å². The minimum atomic E-state index is -0.0820. The van der Waals surface area contributed by atoms with Crippen LogP contribution < -0.4 is 4.74 Å². The van der Waals surface area contributed by atoms with E-state index in [-0.39, 0.29) is 5.41 Å². The van der Waals surface area contributed by atoms with Crippen LogP contribution >= 0.6 is 0 Å². The van der Waals surface area contributed by atoms with Crippen LogP contribution in [0.4, 0.5) is 0 Å². The largest absolute Gasteiger partial charge is 0.505 e. The van der Waals surface area contributed by atoms with Crippen molar-refractivity contribution in [2.75, 3.05) is 14.2 Å². The van der Waals surface area contributed by atoms with Gasteiger partial charge >= 0.3 is 0 Å². The molecule has 0 saturated heterocycles. The molecule has 1 aromatic carbocycles. The second-order valence-corrected chi connectivity index (χ2v) is 4.16. The van der Waals surface area contributed by atoms with Crippen LogP contribution in [0.5, 0.6) is 5.75 Å². The van der Waals surface area contributed by atoms with E-state index >= 15 is 0 Å². The average molecular weight is 232 g/mol. The summed E-state index contributed by atoms with van der Waals surface area (Å²) >= 11 is 0. The third-order valence-electron chi connectivity index (χ3n) is 2.97. The lowest BCUT2D eigenvalue weighted by molar-refractivity contribution is 0.335. The molecule has 1 rings (SSSR count). The van der Waals surface area contributed by atoms with Gasteiger partial charge in [0.15, 0.2) is 0 Å². The van der Waals surface area contributed by atoms with E-state index in [1.165, 1.54) is 5.56 Å². The van der Waals surface area contributed by atoms with E-state index in [4.69, 9.17) is 9.47 Å². The number of ether oxygens (including phenoxy) is 2. The minimum absolute atomic E-state index is 0.0820. The van der Waals surface area contributed by atoms with Crippen LogP contribution in [-0.4, -0.2) is 14.2 Å². The van der Waals surface area contributed by atoms with Crippen LogP contribution in [-0.2, 0) is 10.2 Å². The second kappa shape index (κ2) is 6.14. The van der Waals surface area contributed by atoms with Gasteiger partial charge in [0.05, 0.1) is 20.5 Å². The first kappa shape index (κ1) is 13.4. The summed E-state index contributed by atoms with van der Waals surface area (Å²) < 4.78 is 10.1. The van der Waals surface area contributed by atoms with Crippen molar-refractivity contribution in [3.63, 3.8) is 0 Å². The number of methoxy groups -OCH3 is 2. The molecule has 0 aliphatic carbocycles. The highest BCUT2D eigenvalue weighted by atomic mass is 16.5. The Hall–Kier alpha value is -1.70. The second-order valence-electron chi connectivity index (χ2n) is 4.16. The molecular formula is C15H20O2. The molecule has 0 aliphatic rings. The lowest BCUT2D eigenvalue weighted by Gasteiger charge is -2.25. The molecule has 0 spiro atoms. The first-order valence-electron chi connectivity index (χ1n) is 5.62. The highest BCUT2D eigenvalue weighted by Gasteiger charge is 2.21. The molecule has 17 heavy (non-hydrogen) atoms. The van der Waals surface area contributed by atoms with E-state index in [1.807, 2.05) is 24.3 Å². The Morgan fingerprint density at radius 3 is 2.35 bits per heavy atom. The van der Waals surface area contributed by atoms with E-state index in [9.17, 15) is 0 Å². The smallest absolute Gasteiger partial charge is 0.118 e. The van der Waals surface area contributed by atoms with Crippen molar-refractivity contribution in [1.29, 1.82) is 0 Å². The Morgan fingerprint density at radius 2 is 1.88 bits per heavy atom. The molecule has 0 fully saturated rings. The molecule has 0 aliphatic heterocycles. The van der Waals surface area contributed by atoms with Gasteiger partial charge in [0, 0.05) is 5.41 Å². The first-order valence-corrected chi connectivity index (χ1v) is 5.62. The number of allylic oxidation sites excluding steroid dienone is 2. The van der Waals surface area contributed by atoms with Crippen molar-refractivity contribution in [2.45, 2.75) is 18.8 Å². The van der Waals surface area contributed by atoms with Crippen molar-refractivity contribution in [2.24, 2.45) is 0 Å². The van der Waals surface area contributed by atoms with Gasteiger partial charge in [-0.2, -0.15) is 0 Å². The summed E-state index contributed by atoms with van der Waals surface area (Å²) in [7, 11) is 3.32. The van der Waals surface area contributed by atoms with Gasteiger partial charge < -0.3 is 9.47 Å². The molecule has 1 aromatic rings. The zero-order chi connectivity index (χ0) is 12.7. The van der Waals surface area contributed by atoms with Gasteiger partial charge in [0.2, 0.25) is 0 Å². The summed E-state index contributed by atoms with van der Waals surface area (Å²) in [5.74, 6) is 0.868. The van der Waals surface area contributed by atoms with Gasteiger partial charge in [0.25, 0.3) is 0 Å². The number of benzene rings is 1. The van der Waals surface area contributed by atoms with Gasteiger partial charge in [0.1, 0.15) is 5.75 Å². The van der Waals surface area contributed by atoms with E-state index in [2.05, 4.69) is 25.6 Å². The molecule has 0 heterocycles. The lowest BCUT2D eigenvalue weighted by atomic mass is 9.80. The monoisotopic (exact) mass is 232 g/mol. The minimum Gasteiger partial charge on any atom is -0.505 e. The van der Waals surface area contributed by atoms with Gasteiger partial charge in [-0.1, -0.05) is 25.1 Å². The molecular weight excluding hydrogens is 212 g/mol. The molecule has 0 N–H and O–H groups in total. The van der Waals surface area contributed by atoms with Crippen molar-refractivity contribution >= 4 is 0 Å². The molecule has 0 amide bonds. The maximum atomic E-state index is 5.15. The third kappa shape index (κ3) is 3.38. The molecule has 0 bridgehead atoms. The Kier molecular flexibility index (Phi) is 4.83. The van der Waals surface area contributed by atoms with Crippen LogP contribution in [0.15, 0.2) is 49.3 Å². The summed E-state index contributed by atoms with van der Waals surface area (Å²) in [5.41, 5.74) is 1.13. The highest BCUT2D eigenvalue weighted by Crippen LogP contribution is 2.30. The SMILES string of the molecule is C=CC(C)(C/C=C/OC)c1ccc(OC)cc1. The Balaban J connectivity index is 2.90. The molecule has 2 nitrogen and oxygen atoms in total. The van der Waals surface area contributed by atoms with Gasteiger partial charge in [-0.25, -0.2) is 0 Å².